The van der Waals surface area contributed by atoms with Gasteiger partial charge >= 0.3 is 0 Å². The average Bonchev–Trinajstić information content (AvgIpc) is 2.69. The van der Waals surface area contributed by atoms with Gasteiger partial charge < -0.3 is 15.1 Å². The van der Waals surface area contributed by atoms with Crippen LogP contribution in [0.1, 0.15) is 28.8 Å². The zero-order valence-electron chi connectivity index (χ0n) is 16.0. The monoisotopic (exact) mass is 362 g/mol. The molecule has 140 valence electrons. The second-order valence-corrected chi connectivity index (χ2v) is 7.38. The van der Waals surface area contributed by atoms with Crippen LogP contribution in [0.2, 0.25) is 0 Å². The Morgan fingerprint density at radius 3 is 2.30 bits per heavy atom. The summed E-state index contributed by atoms with van der Waals surface area (Å²) in [7, 11) is 4.27. The lowest BCUT2D eigenvalue weighted by molar-refractivity contribution is 0.102. The fraction of sp³-hybridized carbons (Fsp3) is 0.364. The number of carbonyl (C=O) groups excluding carboxylic acids is 1. The van der Waals surface area contributed by atoms with E-state index in [2.05, 4.69) is 47.4 Å². The molecule has 1 aliphatic rings. The lowest BCUT2D eigenvalue weighted by Gasteiger charge is -2.34. The molecule has 1 heterocycles. The SMILES string of the molecule is CN(C)CC1CCN(c2ccc(NC(=O)c3ccc(C#N)cc3)cc2)CC1. The van der Waals surface area contributed by atoms with Gasteiger partial charge in [0.05, 0.1) is 11.6 Å². The van der Waals surface area contributed by atoms with E-state index >= 15 is 0 Å². The van der Waals surface area contributed by atoms with Crippen molar-refractivity contribution in [1.82, 2.24) is 4.90 Å². The number of hydrogen-bond acceptors (Lipinski definition) is 4. The van der Waals surface area contributed by atoms with Crippen molar-refractivity contribution in [3.05, 3.63) is 59.7 Å². The van der Waals surface area contributed by atoms with Crippen LogP contribution in [0.4, 0.5) is 11.4 Å². The Labute approximate surface area is 161 Å². The Morgan fingerprint density at radius 2 is 1.74 bits per heavy atom. The van der Waals surface area contributed by atoms with Crippen LogP contribution in [0.25, 0.3) is 0 Å². The summed E-state index contributed by atoms with van der Waals surface area (Å²) in [6.45, 7) is 3.32. The lowest BCUT2D eigenvalue weighted by atomic mass is 9.96. The number of benzene rings is 2. The number of amides is 1. The van der Waals surface area contributed by atoms with E-state index in [0.717, 1.165) is 31.2 Å². The van der Waals surface area contributed by atoms with Gasteiger partial charge in [-0.05, 0) is 81.4 Å². The molecule has 1 N–H and O–H groups in total. The smallest absolute Gasteiger partial charge is 0.255 e. The number of anilines is 2. The molecule has 2 aromatic carbocycles. The summed E-state index contributed by atoms with van der Waals surface area (Å²) in [6.07, 6.45) is 2.44. The van der Waals surface area contributed by atoms with Gasteiger partial charge in [0.25, 0.3) is 5.91 Å². The highest BCUT2D eigenvalue weighted by Crippen LogP contribution is 2.25. The van der Waals surface area contributed by atoms with E-state index in [1.54, 1.807) is 24.3 Å². The second kappa shape index (κ2) is 8.70. The molecule has 0 saturated carbocycles. The fourth-order valence-corrected chi connectivity index (χ4v) is 3.55. The van der Waals surface area contributed by atoms with Crippen molar-refractivity contribution < 1.29 is 4.79 Å². The van der Waals surface area contributed by atoms with Gasteiger partial charge in [0.15, 0.2) is 0 Å². The van der Waals surface area contributed by atoms with E-state index < -0.39 is 0 Å². The summed E-state index contributed by atoms with van der Waals surface area (Å²) in [4.78, 5) is 17.0. The molecular formula is C22H26N4O. The quantitative estimate of drug-likeness (QED) is 0.883. The number of piperidine rings is 1. The molecule has 0 spiro atoms. The highest BCUT2D eigenvalue weighted by molar-refractivity contribution is 6.04. The van der Waals surface area contributed by atoms with Crippen LogP contribution in [0.15, 0.2) is 48.5 Å². The zero-order chi connectivity index (χ0) is 19.2. The van der Waals surface area contributed by atoms with Gasteiger partial charge in [-0.25, -0.2) is 0 Å². The fourth-order valence-electron chi connectivity index (χ4n) is 3.55. The number of rotatable bonds is 5. The lowest BCUT2D eigenvalue weighted by Crippen LogP contribution is -2.37. The Balaban J connectivity index is 1.56. The average molecular weight is 362 g/mol. The van der Waals surface area contributed by atoms with Crippen molar-refractivity contribution in [3.63, 3.8) is 0 Å². The van der Waals surface area contributed by atoms with E-state index in [1.807, 2.05) is 12.1 Å². The third kappa shape index (κ3) is 5.08. The Kier molecular flexibility index (Phi) is 6.10. The van der Waals surface area contributed by atoms with Gasteiger partial charge in [-0.3, -0.25) is 4.79 Å². The number of nitrogens with zero attached hydrogens (tertiary/aromatic N) is 3. The molecule has 0 aromatic heterocycles. The highest BCUT2D eigenvalue weighted by Gasteiger charge is 2.19. The number of nitrogens with one attached hydrogen (secondary N) is 1. The Hall–Kier alpha value is -2.84. The summed E-state index contributed by atoms with van der Waals surface area (Å²) in [5.74, 6) is 0.610. The molecule has 1 aliphatic heterocycles. The number of hydrogen-bond donors (Lipinski definition) is 1. The summed E-state index contributed by atoms with van der Waals surface area (Å²) in [5.41, 5.74) is 3.07. The molecule has 5 nitrogen and oxygen atoms in total. The summed E-state index contributed by atoms with van der Waals surface area (Å²) >= 11 is 0. The normalized spacial score (nSPS) is 14.8. The maximum Gasteiger partial charge on any atom is 0.255 e. The summed E-state index contributed by atoms with van der Waals surface area (Å²) in [5, 5.41) is 11.7. The molecule has 0 bridgehead atoms. The Morgan fingerprint density at radius 1 is 1.11 bits per heavy atom. The molecule has 2 aromatic rings. The van der Waals surface area contributed by atoms with E-state index in [4.69, 9.17) is 5.26 Å². The van der Waals surface area contributed by atoms with Crippen molar-refractivity contribution in [2.75, 3.05) is 43.9 Å². The van der Waals surface area contributed by atoms with Crippen LogP contribution < -0.4 is 10.2 Å². The van der Waals surface area contributed by atoms with Crippen LogP contribution >= 0.6 is 0 Å². The molecule has 0 atom stereocenters. The van der Waals surface area contributed by atoms with Gasteiger partial charge in [-0.2, -0.15) is 5.26 Å². The first kappa shape index (κ1) is 18.9. The number of nitriles is 1. The summed E-state index contributed by atoms with van der Waals surface area (Å²) in [6, 6.07) is 16.7. The molecule has 1 fully saturated rings. The van der Waals surface area contributed by atoms with Gasteiger partial charge in [-0.15, -0.1) is 0 Å². The molecule has 3 rings (SSSR count). The van der Waals surface area contributed by atoms with E-state index in [0.29, 0.717) is 11.1 Å². The van der Waals surface area contributed by atoms with Gasteiger partial charge in [-0.1, -0.05) is 0 Å². The molecule has 0 unspecified atom stereocenters. The van der Waals surface area contributed by atoms with Gasteiger partial charge in [0.2, 0.25) is 0 Å². The van der Waals surface area contributed by atoms with Crippen molar-refractivity contribution in [1.29, 1.82) is 5.26 Å². The van der Waals surface area contributed by atoms with E-state index in [-0.39, 0.29) is 5.91 Å². The number of carbonyl (C=O) groups is 1. The maximum absolute atomic E-state index is 12.3. The maximum atomic E-state index is 12.3. The van der Waals surface area contributed by atoms with Crippen LogP contribution in [0, 0.1) is 17.2 Å². The molecule has 0 radical (unpaired) electrons. The van der Waals surface area contributed by atoms with Gasteiger partial charge in [0, 0.05) is 36.6 Å². The predicted octanol–water partition coefficient (Wildman–Crippen LogP) is 3.59. The van der Waals surface area contributed by atoms with Crippen molar-refractivity contribution in [2.45, 2.75) is 12.8 Å². The van der Waals surface area contributed by atoms with Gasteiger partial charge in [0.1, 0.15) is 0 Å². The molecule has 5 heteroatoms. The van der Waals surface area contributed by atoms with E-state index in [9.17, 15) is 4.79 Å². The third-order valence-corrected chi connectivity index (χ3v) is 5.00. The van der Waals surface area contributed by atoms with E-state index in [1.165, 1.54) is 18.5 Å². The Bertz CT molecular complexity index is 798. The van der Waals surface area contributed by atoms with Crippen LogP contribution in [0.5, 0.6) is 0 Å². The summed E-state index contributed by atoms with van der Waals surface area (Å²) < 4.78 is 0. The largest absolute Gasteiger partial charge is 0.372 e. The highest BCUT2D eigenvalue weighted by atomic mass is 16.1. The first-order valence-corrected chi connectivity index (χ1v) is 9.36. The molecule has 1 amide bonds. The topological polar surface area (TPSA) is 59.4 Å². The zero-order valence-corrected chi connectivity index (χ0v) is 16.0. The van der Waals surface area contributed by atoms with Crippen LogP contribution in [-0.4, -0.2) is 44.5 Å². The first-order valence-electron chi connectivity index (χ1n) is 9.36. The van der Waals surface area contributed by atoms with Crippen LogP contribution in [-0.2, 0) is 0 Å². The van der Waals surface area contributed by atoms with Crippen molar-refractivity contribution >= 4 is 17.3 Å². The second-order valence-electron chi connectivity index (χ2n) is 7.38. The molecular weight excluding hydrogens is 336 g/mol. The first-order chi connectivity index (χ1) is 13.0. The minimum absolute atomic E-state index is 0.170. The van der Waals surface area contributed by atoms with Crippen molar-refractivity contribution in [2.24, 2.45) is 5.92 Å². The minimum atomic E-state index is -0.170. The standard InChI is InChI=1S/C22H26N4O/c1-25(2)16-18-11-13-26(14-12-18)21-9-7-20(8-10-21)24-22(27)19-5-3-17(15-23)4-6-19/h3-10,18H,11-14,16H2,1-2H3,(H,24,27). The minimum Gasteiger partial charge on any atom is -0.372 e. The predicted molar refractivity (Wildman–Crippen MR) is 109 cm³/mol. The molecule has 0 aliphatic carbocycles. The van der Waals surface area contributed by atoms with Crippen LogP contribution in [0.3, 0.4) is 0 Å². The molecule has 27 heavy (non-hydrogen) atoms. The third-order valence-electron chi connectivity index (χ3n) is 5.00. The molecule has 1 saturated heterocycles. The van der Waals surface area contributed by atoms with Crippen molar-refractivity contribution in [3.8, 4) is 6.07 Å².